The summed E-state index contributed by atoms with van der Waals surface area (Å²) in [4.78, 5) is 2.15. The minimum atomic E-state index is -4.45. The summed E-state index contributed by atoms with van der Waals surface area (Å²) < 4.78 is 40.7. The average molecular weight is 386 g/mol. The lowest BCUT2D eigenvalue weighted by Crippen LogP contribution is -2.31. The van der Waals surface area contributed by atoms with Gasteiger partial charge in [0.1, 0.15) is 0 Å². The Balaban J connectivity index is 1.74. The van der Waals surface area contributed by atoms with Gasteiger partial charge in [0.15, 0.2) is 0 Å². The summed E-state index contributed by atoms with van der Waals surface area (Å²) in [6, 6.07) is 18.0. The Kier molecular flexibility index (Phi) is 6.10. The monoisotopic (exact) mass is 386 g/mol. The third-order valence-corrected chi connectivity index (χ3v) is 5.59. The van der Waals surface area contributed by atoms with Gasteiger partial charge in [-0.3, -0.25) is 0 Å². The molecule has 28 heavy (non-hydrogen) atoms. The predicted molar refractivity (Wildman–Crippen MR) is 103 cm³/mol. The number of benzene rings is 2. The van der Waals surface area contributed by atoms with E-state index in [9.17, 15) is 18.4 Å². The summed E-state index contributed by atoms with van der Waals surface area (Å²) in [6.45, 7) is 1.52. The first-order valence-electron chi connectivity index (χ1n) is 9.67. The molecule has 0 radical (unpaired) electrons. The number of hydrogen-bond donors (Lipinski definition) is 0. The van der Waals surface area contributed by atoms with E-state index in [1.807, 2.05) is 25.2 Å². The fourth-order valence-electron chi connectivity index (χ4n) is 4.06. The topological polar surface area (TPSA) is 27.0 Å². The first kappa shape index (κ1) is 20.4. The van der Waals surface area contributed by atoms with Gasteiger partial charge in [-0.05, 0) is 62.4 Å². The van der Waals surface area contributed by atoms with Gasteiger partial charge in [-0.1, -0.05) is 48.5 Å². The van der Waals surface area contributed by atoms with Crippen LogP contribution in [0.2, 0.25) is 0 Å². The number of alkyl halides is 3. The van der Waals surface area contributed by atoms with E-state index < -0.39 is 17.2 Å². The third kappa shape index (κ3) is 4.56. The lowest BCUT2D eigenvalue weighted by atomic mass is 9.72. The highest BCUT2D eigenvalue weighted by atomic mass is 19.4. The van der Waals surface area contributed by atoms with Crippen molar-refractivity contribution in [3.8, 4) is 6.07 Å². The van der Waals surface area contributed by atoms with Crippen LogP contribution < -0.4 is 0 Å². The molecule has 0 spiro atoms. The minimum Gasteiger partial charge on any atom is -0.302 e. The number of rotatable bonds is 8. The molecule has 1 atom stereocenters. The lowest BCUT2D eigenvalue weighted by Gasteiger charge is -2.31. The SMILES string of the molecule is CN(CCCC(C#N)(c1ccccc1C(F)(F)F)C1CC1)Cc1ccccc1. The van der Waals surface area contributed by atoms with Crippen molar-refractivity contribution in [2.45, 2.75) is 43.8 Å². The van der Waals surface area contributed by atoms with Crippen molar-refractivity contribution in [1.29, 1.82) is 5.26 Å². The molecule has 0 aliphatic heterocycles. The smallest absolute Gasteiger partial charge is 0.302 e. The Morgan fingerprint density at radius 1 is 1.00 bits per heavy atom. The molecule has 1 aliphatic rings. The number of halogens is 3. The zero-order valence-corrected chi connectivity index (χ0v) is 16.0. The van der Waals surface area contributed by atoms with E-state index in [1.165, 1.54) is 17.7 Å². The molecule has 0 saturated heterocycles. The van der Waals surface area contributed by atoms with Crippen molar-refractivity contribution >= 4 is 0 Å². The molecule has 0 N–H and O–H groups in total. The van der Waals surface area contributed by atoms with Crippen LogP contribution in [0.1, 0.15) is 42.4 Å². The maximum absolute atomic E-state index is 13.6. The van der Waals surface area contributed by atoms with E-state index in [1.54, 1.807) is 6.07 Å². The molecule has 1 saturated carbocycles. The van der Waals surface area contributed by atoms with Gasteiger partial charge in [-0.2, -0.15) is 18.4 Å². The predicted octanol–water partition coefficient (Wildman–Crippen LogP) is 5.79. The molecule has 1 unspecified atom stereocenters. The quantitative estimate of drug-likeness (QED) is 0.574. The van der Waals surface area contributed by atoms with Gasteiger partial charge < -0.3 is 4.90 Å². The Bertz CT molecular complexity index is 822. The molecular weight excluding hydrogens is 361 g/mol. The van der Waals surface area contributed by atoms with Crippen molar-refractivity contribution in [1.82, 2.24) is 4.90 Å². The normalized spacial score (nSPS) is 16.6. The van der Waals surface area contributed by atoms with E-state index in [0.717, 1.165) is 32.0 Å². The van der Waals surface area contributed by atoms with Crippen LogP contribution in [0.5, 0.6) is 0 Å². The molecule has 1 fully saturated rings. The van der Waals surface area contributed by atoms with E-state index in [2.05, 4.69) is 23.1 Å². The first-order valence-corrected chi connectivity index (χ1v) is 9.67. The second kappa shape index (κ2) is 8.36. The van der Waals surface area contributed by atoms with Crippen LogP contribution in [0.4, 0.5) is 13.2 Å². The number of nitrogens with zero attached hydrogens (tertiary/aromatic N) is 2. The summed E-state index contributed by atoms with van der Waals surface area (Å²) in [6.07, 6.45) is -1.68. The molecule has 0 amide bonds. The molecule has 0 bridgehead atoms. The second-order valence-electron chi connectivity index (χ2n) is 7.73. The van der Waals surface area contributed by atoms with Crippen LogP contribution in [0.15, 0.2) is 54.6 Å². The van der Waals surface area contributed by atoms with Crippen molar-refractivity contribution in [2.24, 2.45) is 5.92 Å². The molecule has 5 heteroatoms. The zero-order chi connectivity index (χ0) is 20.2. The highest BCUT2D eigenvalue weighted by Gasteiger charge is 2.50. The number of hydrogen-bond acceptors (Lipinski definition) is 2. The molecule has 2 aromatic carbocycles. The largest absolute Gasteiger partial charge is 0.416 e. The third-order valence-electron chi connectivity index (χ3n) is 5.59. The first-order chi connectivity index (χ1) is 13.4. The molecule has 148 valence electrons. The van der Waals surface area contributed by atoms with Crippen LogP contribution >= 0.6 is 0 Å². The van der Waals surface area contributed by atoms with Gasteiger partial charge >= 0.3 is 6.18 Å². The zero-order valence-electron chi connectivity index (χ0n) is 16.0. The maximum atomic E-state index is 13.6. The van der Waals surface area contributed by atoms with E-state index in [4.69, 9.17) is 0 Å². The van der Waals surface area contributed by atoms with Gasteiger partial charge in [-0.15, -0.1) is 0 Å². The highest BCUT2D eigenvalue weighted by Crippen LogP contribution is 2.52. The lowest BCUT2D eigenvalue weighted by molar-refractivity contribution is -0.138. The molecule has 0 heterocycles. The molecule has 1 aliphatic carbocycles. The van der Waals surface area contributed by atoms with Crippen LogP contribution in [0.25, 0.3) is 0 Å². The van der Waals surface area contributed by atoms with Gasteiger partial charge in [0.2, 0.25) is 0 Å². The standard InChI is InChI=1S/C23H25F3N2/c1-28(16-18-8-3-2-4-9-18)15-7-14-22(17-27,19-12-13-19)20-10-5-6-11-21(20)23(24,25)26/h2-6,8-11,19H,7,12-16H2,1H3. The fraction of sp³-hybridized carbons (Fsp3) is 0.435. The second-order valence-corrected chi connectivity index (χ2v) is 7.73. The minimum absolute atomic E-state index is 0.0143. The average Bonchev–Trinajstić information content (AvgIpc) is 3.51. The van der Waals surface area contributed by atoms with Crippen LogP contribution in [0, 0.1) is 17.2 Å². The molecule has 2 nitrogen and oxygen atoms in total. The van der Waals surface area contributed by atoms with Gasteiger partial charge in [0, 0.05) is 6.54 Å². The maximum Gasteiger partial charge on any atom is 0.416 e. The Labute approximate surface area is 164 Å². The van der Waals surface area contributed by atoms with Crippen molar-refractivity contribution in [2.75, 3.05) is 13.6 Å². The Morgan fingerprint density at radius 2 is 1.61 bits per heavy atom. The van der Waals surface area contributed by atoms with E-state index in [0.29, 0.717) is 12.8 Å². The van der Waals surface area contributed by atoms with Gasteiger partial charge in [0.25, 0.3) is 0 Å². The summed E-state index contributed by atoms with van der Waals surface area (Å²) in [5, 5.41) is 10.0. The van der Waals surface area contributed by atoms with Crippen LogP contribution in [-0.4, -0.2) is 18.5 Å². The summed E-state index contributed by atoms with van der Waals surface area (Å²) in [5.74, 6) is 0.0143. The van der Waals surface area contributed by atoms with E-state index >= 15 is 0 Å². The van der Waals surface area contributed by atoms with Crippen molar-refractivity contribution in [3.05, 3.63) is 71.3 Å². The summed E-state index contributed by atoms with van der Waals surface area (Å²) in [7, 11) is 2.00. The molecule has 0 aromatic heterocycles. The van der Waals surface area contributed by atoms with Gasteiger partial charge in [-0.25, -0.2) is 0 Å². The van der Waals surface area contributed by atoms with Crippen molar-refractivity contribution < 1.29 is 13.2 Å². The Hall–Kier alpha value is -2.32. The molecule has 3 rings (SSSR count). The van der Waals surface area contributed by atoms with Gasteiger partial charge in [0.05, 0.1) is 17.0 Å². The molecular formula is C23H25F3N2. The number of nitriles is 1. The molecule has 2 aromatic rings. The highest BCUT2D eigenvalue weighted by molar-refractivity contribution is 5.43. The Morgan fingerprint density at radius 3 is 2.18 bits per heavy atom. The van der Waals surface area contributed by atoms with Crippen LogP contribution in [0.3, 0.4) is 0 Å². The summed E-state index contributed by atoms with van der Waals surface area (Å²) >= 11 is 0. The fourth-order valence-corrected chi connectivity index (χ4v) is 4.06. The van der Waals surface area contributed by atoms with Crippen LogP contribution in [-0.2, 0) is 18.1 Å². The van der Waals surface area contributed by atoms with Crippen molar-refractivity contribution in [3.63, 3.8) is 0 Å². The van der Waals surface area contributed by atoms with E-state index in [-0.39, 0.29) is 11.5 Å². The summed E-state index contributed by atoms with van der Waals surface area (Å²) in [5.41, 5.74) is -0.375.